The highest BCUT2D eigenvalue weighted by Crippen LogP contribution is 2.28. The molecule has 0 radical (unpaired) electrons. The third-order valence-corrected chi connectivity index (χ3v) is 3.20. The third kappa shape index (κ3) is 2.57. The Labute approximate surface area is 90.5 Å². The second kappa shape index (κ2) is 4.31. The van der Waals surface area contributed by atoms with Crippen molar-refractivity contribution in [2.45, 2.75) is 38.6 Å². The summed E-state index contributed by atoms with van der Waals surface area (Å²) in [5.41, 5.74) is 8.31. The average molecular weight is 207 g/mol. The summed E-state index contributed by atoms with van der Waals surface area (Å²) in [6.07, 6.45) is 4.30. The number of hydrogen-bond acceptors (Lipinski definition) is 1. The summed E-state index contributed by atoms with van der Waals surface area (Å²) in [7, 11) is 0. The van der Waals surface area contributed by atoms with Crippen molar-refractivity contribution in [2.24, 2.45) is 11.7 Å². The first-order valence-corrected chi connectivity index (χ1v) is 5.68. The van der Waals surface area contributed by atoms with Crippen LogP contribution in [-0.2, 0) is 12.8 Å². The Morgan fingerprint density at radius 1 is 1.47 bits per heavy atom. The monoisotopic (exact) mass is 207 g/mol. The van der Waals surface area contributed by atoms with Crippen LogP contribution in [0.4, 0.5) is 4.39 Å². The van der Waals surface area contributed by atoms with E-state index in [-0.39, 0.29) is 11.9 Å². The van der Waals surface area contributed by atoms with E-state index >= 15 is 0 Å². The van der Waals surface area contributed by atoms with Crippen molar-refractivity contribution >= 4 is 0 Å². The molecule has 2 atom stereocenters. The molecule has 0 aromatic heterocycles. The topological polar surface area (TPSA) is 26.0 Å². The lowest BCUT2D eigenvalue weighted by Crippen LogP contribution is -2.23. The molecule has 0 saturated heterocycles. The average Bonchev–Trinajstić information content (AvgIpc) is 2.17. The molecule has 2 heteroatoms. The lowest BCUT2D eigenvalue weighted by atomic mass is 9.81. The maximum atomic E-state index is 13.0. The number of hydrogen-bond donors (Lipinski definition) is 1. The van der Waals surface area contributed by atoms with Crippen LogP contribution in [0.3, 0.4) is 0 Å². The molecule has 1 aliphatic carbocycles. The molecular weight excluding hydrogens is 189 g/mol. The second-order valence-electron chi connectivity index (χ2n) is 4.73. The quantitative estimate of drug-likeness (QED) is 0.792. The van der Waals surface area contributed by atoms with Crippen LogP contribution in [0, 0.1) is 11.7 Å². The van der Waals surface area contributed by atoms with E-state index in [1.807, 2.05) is 6.07 Å². The predicted octanol–water partition coefficient (Wildman–Crippen LogP) is 2.67. The van der Waals surface area contributed by atoms with Crippen LogP contribution in [0.2, 0.25) is 0 Å². The fourth-order valence-corrected chi connectivity index (χ4v) is 2.53. The minimum Gasteiger partial charge on any atom is -0.328 e. The molecule has 1 aromatic carbocycles. The first-order chi connectivity index (χ1) is 7.15. The molecule has 0 saturated carbocycles. The summed E-state index contributed by atoms with van der Waals surface area (Å²) in [5, 5.41) is 0. The molecule has 0 aliphatic heterocycles. The van der Waals surface area contributed by atoms with Gasteiger partial charge in [0.1, 0.15) is 5.82 Å². The van der Waals surface area contributed by atoms with Gasteiger partial charge in [0.2, 0.25) is 0 Å². The minimum absolute atomic E-state index is 0.112. The highest BCUT2D eigenvalue weighted by molar-refractivity contribution is 5.30. The van der Waals surface area contributed by atoms with Crippen LogP contribution >= 0.6 is 0 Å². The van der Waals surface area contributed by atoms with E-state index in [4.69, 9.17) is 5.73 Å². The Hall–Kier alpha value is -0.890. The van der Waals surface area contributed by atoms with Crippen molar-refractivity contribution in [3.8, 4) is 0 Å². The molecule has 1 nitrogen and oxygen atoms in total. The summed E-state index contributed by atoms with van der Waals surface area (Å²) in [6.45, 7) is 2.06. The number of halogens is 1. The van der Waals surface area contributed by atoms with Crippen LogP contribution in [0.5, 0.6) is 0 Å². The van der Waals surface area contributed by atoms with Crippen molar-refractivity contribution in [1.29, 1.82) is 0 Å². The van der Waals surface area contributed by atoms with E-state index in [0.29, 0.717) is 5.92 Å². The Morgan fingerprint density at radius 3 is 3.00 bits per heavy atom. The smallest absolute Gasteiger partial charge is 0.123 e. The van der Waals surface area contributed by atoms with Gasteiger partial charge in [0.15, 0.2) is 0 Å². The standard InChI is InChI=1S/C13H18FN/c1-9(15)6-10-2-3-12-8-13(14)5-4-11(12)7-10/h4-5,8-10H,2-3,6-7,15H2,1H3. The number of aryl methyl sites for hydroxylation is 1. The van der Waals surface area contributed by atoms with E-state index in [9.17, 15) is 4.39 Å². The van der Waals surface area contributed by atoms with Gasteiger partial charge in [-0.3, -0.25) is 0 Å². The first-order valence-electron chi connectivity index (χ1n) is 5.68. The molecule has 15 heavy (non-hydrogen) atoms. The van der Waals surface area contributed by atoms with Gasteiger partial charge in [-0.25, -0.2) is 4.39 Å². The van der Waals surface area contributed by atoms with Gasteiger partial charge >= 0.3 is 0 Å². The highest BCUT2D eigenvalue weighted by atomic mass is 19.1. The number of rotatable bonds is 2. The first kappa shape index (κ1) is 10.6. The van der Waals surface area contributed by atoms with E-state index in [2.05, 4.69) is 6.92 Å². The van der Waals surface area contributed by atoms with Gasteiger partial charge in [0.25, 0.3) is 0 Å². The summed E-state index contributed by atoms with van der Waals surface area (Å²) < 4.78 is 13.0. The zero-order valence-corrected chi connectivity index (χ0v) is 9.17. The van der Waals surface area contributed by atoms with Crippen LogP contribution in [0.1, 0.15) is 30.9 Å². The van der Waals surface area contributed by atoms with Gasteiger partial charge in [-0.2, -0.15) is 0 Å². The number of nitrogens with two attached hydrogens (primary N) is 1. The Bertz CT molecular complexity index is 346. The molecule has 0 amide bonds. The lowest BCUT2D eigenvalue weighted by Gasteiger charge is -2.25. The van der Waals surface area contributed by atoms with Gasteiger partial charge in [0, 0.05) is 6.04 Å². The highest BCUT2D eigenvalue weighted by Gasteiger charge is 2.19. The molecule has 1 aromatic rings. The zero-order valence-electron chi connectivity index (χ0n) is 9.17. The fourth-order valence-electron chi connectivity index (χ4n) is 2.53. The lowest BCUT2D eigenvalue weighted by molar-refractivity contribution is 0.397. The minimum atomic E-state index is -0.112. The maximum Gasteiger partial charge on any atom is 0.123 e. The summed E-state index contributed by atoms with van der Waals surface area (Å²) >= 11 is 0. The zero-order chi connectivity index (χ0) is 10.8. The third-order valence-electron chi connectivity index (χ3n) is 3.20. The van der Waals surface area contributed by atoms with Gasteiger partial charge in [-0.15, -0.1) is 0 Å². The molecule has 2 rings (SSSR count). The SMILES string of the molecule is CC(N)CC1CCc2cc(F)ccc2C1. The van der Waals surface area contributed by atoms with E-state index in [1.165, 1.54) is 11.1 Å². The molecule has 0 bridgehead atoms. The van der Waals surface area contributed by atoms with E-state index in [0.717, 1.165) is 25.7 Å². The van der Waals surface area contributed by atoms with Gasteiger partial charge in [-0.1, -0.05) is 6.07 Å². The second-order valence-corrected chi connectivity index (χ2v) is 4.73. The summed E-state index contributed by atoms with van der Waals surface area (Å²) in [4.78, 5) is 0. The normalized spacial score (nSPS) is 22.2. The molecule has 0 fully saturated rings. The van der Waals surface area contributed by atoms with Gasteiger partial charge in [-0.05, 0) is 61.8 Å². The van der Waals surface area contributed by atoms with Crippen LogP contribution in [0.25, 0.3) is 0 Å². The molecule has 2 N–H and O–H groups in total. The predicted molar refractivity (Wildman–Crippen MR) is 60.2 cm³/mol. The molecule has 0 spiro atoms. The molecular formula is C13H18FN. The van der Waals surface area contributed by atoms with Gasteiger partial charge in [0.05, 0.1) is 0 Å². The Balaban J connectivity index is 2.10. The number of fused-ring (bicyclic) bond motifs is 1. The number of benzene rings is 1. The van der Waals surface area contributed by atoms with Crippen LogP contribution in [-0.4, -0.2) is 6.04 Å². The molecule has 82 valence electrons. The van der Waals surface area contributed by atoms with E-state index in [1.54, 1.807) is 12.1 Å². The van der Waals surface area contributed by atoms with Crippen molar-refractivity contribution in [3.05, 3.63) is 35.1 Å². The molecule has 2 unspecified atom stereocenters. The van der Waals surface area contributed by atoms with Crippen molar-refractivity contribution < 1.29 is 4.39 Å². The fraction of sp³-hybridized carbons (Fsp3) is 0.538. The van der Waals surface area contributed by atoms with Gasteiger partial charge < -0.3 is 5.73 Å². The van der Waals surface area contributed by atoms with Crippen molar-refractivity contribution in [3.63, 3.8) is 0 Å². The summed E-state index contributed by atoms with van der Waals surface area (Å²) in [6, 6.07) is 5.44. The van der Waals surface area contributed by atoms with Crippen LogP contribution < -0.4 is 5.73 Å². The van der Waals surface area contributed by atoms with Crippen molar-refractivity contribution in [1.82, 2.24) is 0 Å². The maximum absolute atomic E-state index is 13.0. The Kier molecular flexibility index (Phi) is 3.06. The summed E-state index contributed by atoms with van der Waals surface area (Å²) in [5.74, 6) is 0.572. The van der Waals surface area contributed by atoms with Crippen molar-refractivity contribution in [2.75, 3.05) is 0 Å². The van der Waals surface area contributed by atoms with Crippen LogP contribution in [0.15, 0.2) is 18.2 Å². The van der Waals surface area contributed by atoms with E-state index < -0.39 is 0 Å². The largest absolute Gasteiger partial charge is 0.328 e. The molecule has 1 aliphatic rings. The molecule has 0 heterocycles. The Morgan fingerprint density at radius 2 is 2.27 bits per heavy atom.